The summed E-state index contributed by atoms with van der Waals surface area (Å²) in [7, 11) is 4.12. The Morgan fingerprint density at radius 3 is 2.33 bits per heavy atom. The van der Waals surface area contributed by atoms with Crippen molar-refractivity contribution in [2.45, 2.75) is 6.36 Å². The third-order valence-electron chi connectivity index (χ3n) is 4.56. The molecule has 3 rings (SSSR count). The molecule has 0 aliphatic rings. The number of nitrogens with zero attached hydrogens (tertiary/aromatic N) is 2. The molecule has 1 aromatic heterocycles. The topological polar surface area (TPSA) is 81.0 Å². The molecular formula is C20H17F3N2O5. The predicted octanol–water partition coefficient (Wildman–Crippen LogP) is 3.43. The zero-order valence-electron chi connectivity index (χ0n) is 16.1. The first kappa shape index (κ1) is 21.0. The van der Waals surface area contributed by atoms with E-state index in [2.05, 4.69) is 4.74 Å². The minimum atomic E-state index is -5.03. The highest BCUT2D eigenvalue weighted by Gasteiger charge is 2.34. The van der Waals surface area contributed by atoms with Crippen molar-refractivity contribution in [1.82, 2.24) is 4.57 Å². The number of aromatic nitrogens is 1. The normalized spacial score (nSPS) is 11.4. The minimum absolute atomic E-state index is 0.0251. The van der Waals surface area contributed by atoms with Crippen LogP contribution in [0, 0.1) is 0 Å². The Morgan fingerprint density at radius 1 is 1.13 bits per heavy atom. The number of fused-ring (bicyclic) bond motifs is 1. The van der Waals surface area contributed by atoms with Gasteiger partial charge in [-0.3, -0.25) is 9.59 Å². The lowest BCUT2D eigenvalue weighted by Gasteiger charge is -2.20. The molecule has 0 atom stereocenters. The second kappa shape index (κ2) is 7.62. The molecule has 7 nitrogen and oxygen atoms in total. The number of methoxy groups -OCH3 is 1. The Kier molecular flexibility index (Phi) is 5.34. The van der Waals surface area contributed by atoms with E-state index in [1.165, 1.54) is 33.3 Å². The number of hydrogen-bond acceptors (Lipinski definition) is 5. The van der Waals surface area contributed by atoms with Crippen LogP contribution in [0.4, 0.5) is 18.9 Å². The van der Waals surface area contributed by atoms with E-state index in [9.17, 15) is 27.9 Å². The van der Waals surface area contributed by atoms with E-state index in [0.717, 1.165) is 15.5 Å². The Labute approximate surface area is 168 Å². The van der Waals surface area contributed by atoms with Crippen LogP contribution >= 0.6 is 0 Å². The SMILES string of the molecule is COc1ccc(N(C)C(=O)c2c(O)c3c(OC(F)(F)F)cccc3n(C)c2=O)cc1. The fourth-order valence-corrected chi connectivity index (χ4v) is 3.03. The first-order valence-corrected chi connectivity index (χ1v) is 8.57. The summed E-state index contributed by atoms with van der Waals surface area (Å²) in [4.78, 5) is 26.8. The number of aromatic hydroxyl groups is 1. The predicted molar refractivity (Wildman–Crippen MR) is 103 cm³/mol. The zero-order valence-corrected chi connectivity index (χ0v) is 16.1. The number of rotatable bonds is 4. The summed E-state index contributed by atoms with van der Waals surface area (Å²) >= 11 is 0. The maximum Gasteiger partial charge on any atom is 0.573 e. The molecular weight excluding hydrogens is 405 g/mol. The van der Waals surface area contributed by atoms with E-state index in [-0.39, 0.29) is 5.52 Å². The van der Waals surface area contributed by atoms with Crippen LogP contribution in [0.3, 0.4) is 0 Å². The molecule has 0 spiro atoms. The molecule has 10 heteroatoms. The van der Waals surface area contributed by atoms with Gasteiger partial charge in [-0.2, -0.15) is 0 Å². The molecule has 1 heterocycles. The van der Waals surface area contributed by atoms with Gasteiger partial charge in [0.2, 0.25) is 0 Å². The van der Waals surface area contributed by atoms with Gasteiger partial charge in [0.05, 0.1) is 18.0 Å². The van der Waals surface area contributed by atoms with E-state index in [1.807, 2.05) is 0 Å². The van der Waals surface area contributed by atoms with Crippen molar-refractivity contribution in [1.29, 1.82) is 0 Å². The number of anilines is 1. The van der Waals surface area contributed by atoms with Gasteiger partial charge in [-0.1, -0.05) is 6.07 Å². The molecule has 0 bridgehead atoms. The van der Waals surface area contributed by atoms with Crippen LogP contribution in [0.5, 0.6) is 17.2 Å². The average Bonchev–Trinajstić information content (AvgIpc) is 2.70. The number of ether oxygens (including phenoxy) is 2. The summed E-state index contributed by atoms with van der Waals surface area (Å²) in [5.74, 6) is -1.98. The average molecular weight is 422 g/mol. The smallest absolute Gasteiger partial charge is 0.506 e. The van der Waals surface area contributed by atoms with Gasteiger partial charge in [0.15, 0.2) is 0 Å². The molecule has 3 aromatic rings. The molecule has 0 unspecified atom stereocenters. The van der Waals surface area contributed by atoms with Gasteiger partial charge in [-0.05, 0) is 36.4 Å². The Bertz CT molecular complexity index is 1170. The molecule has 0 fully saturated rings. The lowest BCUT2D eigenvalue weighted by Crippen LogP contribution is -2.34. The van der Waals surface area contributed by atoms with Crippen molar-refractivity contribution < 1.29 is 32.5 Å². The van der Waals surface area contributed by atoms with Gasteiger partial charge in [0, 0.05) is 19.8 Å². The number of carbonyl (C=O) groups is 1. The van der Waals surface area contributed by atoms with Crippen molar-refractivity contribution in [3.8, 4) is 17.2 Å². The Morgan fingerprint density at radius 2 is 1.77 bits per heavy atom. The molecule has 0 aliphatic carbocycles. The van der Waals surface area contributed by atoms with Crippen molar-refractivity contribution in [2.24, 2.45) is 7.05 Å². The number of hydrogen-bond donors (Lipinski definition) is 1. The van der Waals surface area contributed by atoms with Crippen LogP contribution in [0.2, 0.25) is 0 Å². The highest BCUT2D eigenvalue weighted by Crippen LogP contribution is 2.37. The van der Waals surface area contributed by atoms with Crippen LogP contribution in [-0.4, -0.2) is 36.1 Å². The molecule has 2 aromatic carbocycles. The summed E-state index contributed by atoms with van der Waals surface area (Å²) in [5.41, 5.74) is -1.19. The van der Waals surface area contributed by atoms with Crippen molar-refractivity contribution in [2.75, 3.05) is 19.1 Å². The van der Waals surface area contributed by atoms with E-state index >= 15 is 0 Å². The minimum Gasteiger partial charge on any atom is -0.506 e. The lowest BCUT2D eigenvalue weighted by atomic mass is 10.1. The number of aryl methyl sites for hydroxylation is 1. The second-order valence-electron chi connectivity index (χ2n) is 6.35. The van der Waals surface area contributed by atoms with Crippen LogP contribution in [0.15, 0.2) is 47.3 Å². The van der Waals surface area contributed by atoms with E-state index < -0.39 is 40.3 Å². The molecule has 158 valence electrons. The standard InChI is InChI=1S/C20H17F3N2O5/c1-24(11-7-9-12(29-3)10-8-11)18(27)16-17(26)15-13(25(2)19(16)28)5-4-6-14(15)30-20(21,22)23/h4-10,26H,1-3H3. The third-order valence-corrected chi connectivity index (χ3v) is 4.56. The molecule has 0 radical (unpaired) electrons. The molecule has 1 amide bonds. The quantitative estimate of drug-likeness (QED) is 0.697. The fraction of sp³-hybridized carbons (Fsp3) is 0.200. The van der Waals surface area contributed by atoms with Gasteiger partial charge in [0.1, 0.15) is 22.8 Å². The third kappa shape index (κ3) is 3.76. The maximum absolute atomic E-state index is 13.0. The molecule has 0 saturated carbocycles. The fourth-order valence-electron chi connectivity index (χ4n) is 3.03. The van der Waals surface area contributed by atoms with Crippen LogP contribution in [0.25, 0.3) is 10.9 Å². The summed E-state index contributed by atoms with van der Waals surface area (Å²) in [6.45, 7) is 0. The number of pyridine rings is 1. The van der Waals surface area contributed by atoms with Gasteiger partial charge < -0.3 is 24.0 Å². The molecule has 0 saturated heterocycles. The number of amides is 1. The zero-order chi connectivity index (χ0) is 22.2. The Balaban J connectivity index is 2.18. The second-order valence-corrected chi connectivity index (χ2v) is 6.35. The largest absolute Gasteiger partial charge is 0.573 e. The van der Waals surface area contributed by atoms with Crippen LogP contribution < -0.4 is 19.9 Å². The highest BCUT2D eigenvalue weighted by molar-refractivity contribution is 6.11. The Hall–Kier alpha value is -3.69. The summed E-state index contributed by atoms with van der Waals surface area (Å²) in [6, 6.07) is 9.85. The highest BCUT2D eigenvalue weighted by atomic mass is 19.4. The van der Waals surface area contributed by atoms with Gasteiger partial charge in [0.25, 0.3) is 11.5 Å². The van der Waals surface area contributed by atoms with Gasteiger partial charge >= 0.3 is 6.36 Å². The first-order chi connectivity index (χ1) is 14.0. The number of benzene rings is 2. The summed E-state index contributed by atoms with van der Waals surface area (Å²) in [5, 5.41) is 10.3. The number of carbonyl (C=O) groups excluding carboxylic acids is 1. The van der Waals surface area contributed by atoms with E-state index in [4.69, 9.17) is 4.74 Å². The summed E-state index contributed by atoms with van der Waals surface area (Å²) in [6.07, 6.45) is -5.03. The van der Waals surface area contributed by atoms with Crippen molar-refractivity contribution in [3.63, 3.8) is 0 Å². The van der Waals surface area contributed by atoms with Crippen LogP contribution in [-0.2, 0) is 7.05 Å². The maximum atomic E-state index is 13.0. The lowest BCUT2D eigenvalue weighted by molar-refractivity contribution is -0.274. The monoisotopic (exact) mass is 422 g/mol. The van der Waals surface area contributed by atoms with Gasteiger partial charge in [-0.15, -0.1) is 13.2 Å². The van der Waals surface area contributed by atoms with E-state index in [0.29, 0.717) is 11.4 Å². The van der Waals surface area contributed by atoms with Gasteiger partial charge in [-0.25, -0.2) is 0 Å². The molecule has 1 N–H and O–H groups in total. The van der Waals surface area contributed by atoms with E-state index in [1.54, 1.807) is 24.3 Å². The first-order valence-electron chi connectivity index (χ1n) is 8.57. The van der Waals surface area contributed by atoms with Crippen molar-refractivity contribution in [3.05, 3.63) is 58.4 Å². The molecule has 0 aliphatic heterocycles. The van der Waals surface area contributed by atoms with Crippen molar-refractivity contribution >= 4 is 22.5 Å². The summed E-state index contributed by atoms with van der Waals surface area (Å²) < 4.78 is 48.4. The number of alkyl halides is 3. The van der Waals surface area contributed by atoms with Crippen LogP contribution in [0.1, 0.15) is 10.4 Å². The number of halogens is 3. The molecule has 30 heavy (non-hydrogen) atoms.